The Bertz CT molecular complexity index is 709. The molecular formula is C19H24ClNO2S2. The molecule has 3 nitrogen and oxygen atoms in total. The summed E-state index contributed by atoms with van der Waals surface area (Å²) >= 11 is 3.57. The van der Waals surface area contributed by atoms with Gasteiger partial charge in [0, 0.05) is 28.4 Å². The van der Waals surface area contributed by atoms with Crippen molar-refractivity contribution < 1.29 is 9.90 Å². The molecule has 0 amide bonds. The molecule has 0 spiro atoms. The second-order valence-electron chi connectivity index (χ2n) is 6.29. The Morgan fingerprint density at radius 2 is 2.20 bits per heavy atom. The molecule has 1 atom stereocenters. The lowest BCUT2D eigenvalue weighted by molar-refractivity contribution is -0.143. The van der Waals surface area contributed by atoms with Gasteiger partial charge in [-0.15, -0.1) is 35.1 Å². The van der Waals surface area contributed by atoms with Crippen LogP contribution in [0.2, 0.25) is 0 Å². The maximum atomic E-state index is 11.2. The van der Waals surface area contributed by atoms with E-state index < -0.39 is 5.97 Å². The Hall–Kier alpha value is -1.14. The third kappa shape index (κ3) is 5.17. The summed E-state index contributed by atoms with van der Waals surface area (Å²) in [6.07, 6.45) is 5.09. The van der Waals surface area contributed by atoms with Crippen molar-refractivity contribution in [2.75, 3.05) is 19.6 Å². The summed E-state index contributed by atoms with van der Waals surface area (Å²) in [7, 11) is 0. The molecule has 3 rings (SSSR count). The number of carboxylic acids is 1. The van der Waals surface area contributed by atoms with E-state index in [0.717, 1.165) is 32.4 Å². The standard InChI is InChI=1S/C19H23NO2S2.ClH/c1-14-8-12-24-18(14)16(17-7-4-11-23-17)6-3-10-20-9-2-5-15(13-20)19(21)22;/h4,6-8,11-12,15H,2-3,5,9-10,13H2,1H3,(H,21,22);1H/b16-6+;. The number of carboxylic acid groups (broad SMARTS) is 1. The monoisotopic (exact) mass is 397 g/mol. The SMILES string of the molecule is Cc1ccsc1/C(=C/CCN1CCCC(C(=O)O)C1)c1cccs1.Cl. The van der Waals surface area contributed by atoms with Crippen LogP contribution >= 0.6 is 35.1 Å². The molecule has 0 aliphatic carbocycles. The number of likely N-dealkylation sites (tertiary alicyclic amines) is 1. The maximum Gasteiger partial charge on any atom is 0.307 e. The summed E-state index contributed by atoms with van der Waals surface area (Å²) in [5.41, 5.74) is 2.65. The number of aliphatic carboxylic acids is 1. The normalized spacial score (nSPS) is 18.8. The molecule has 1 saturated heterocycles. The molecule has 1 N–H and O–H groups in total. The van der Waals surface area contributed by atoms with Crippen molar-refractivity contribution in [1.82, 2.24) is 4.90 Å². The second kappa shape index (κ2) is 9.53. The number of nitrogens with zero attached hydrogens (tertiary/aromatic N) is 1. The van der Waals surface area contributed by atoms with Gasteiger partial charge >= 0.3 is 5.97 Å². The fourth-order valence-electron chi connectivity index (χ4n) is 3.24. The largest absolute Gasteiger partial charge is 0.481 e. The smallest absolute Gasteiger partial charge is 0.307 e. The number of piperidine rings is 1. The van der Waals surface area contributed by atoms with Crippen LogP contribution in [0, 0.1) is 12.8 Å². The summed E-state index contributed by atoms with van der Waals surface area (Å²) in [6, 6.07) is 6.44. The van der Waals surface area contributed by atoms with Crippen molar-refractivity contribution in [2.45, 2.75) is 26.2 Å². The van der Waals surface area contributed by atoms with Gasteiger partial charge in [0.25, 0.3) is 0 Å². The zero-order valence-electron chi connectivity index (χ0n) is 14.3. The highest BCUT2D eigenvalue weighted by molar-refractivity contribution is 7.13. The predicted octanol–water partition coefficient (Wildman–Crippen LogP) is 5.16. The Labute approximate surface area is 163 Å². The highest BCUT2D eigenvalue weighted by Crippen LogP contribution is 2.33. The van der Waals surface area contributed by atoms with Gasteiger partial charge in [0.1, 0.15) is 0 Å². The van der Waals surface area contributed by atoms with Gasteiger partial charge in [-0.1, -0.05) is 12.1 Å². The molecule has 2 aromatic rings. The molecule has 25 heavy (non-hydrogen) atoms. The summed E-state index contributed by atoms with van der Waals surface area (Å²) in [6.45, 7) is 4.80. The number of aryl methyl sites for hydroxylation is 1. The third-order valence-corrected chi connectivity index (χ3v) is 6.49. The van der Waals surface area contributed by atoms with E-state index in [9.17, 15) is 9.90 Å². The van der Waals surface area contributed by atoms with Crippen molar-refractivity contribution in [3.05, 3.63) is 50.4 Å². The highest BCUT2D eigenvalue weighted by Gasteiger charge is 2.24. The second-order valence-corrected chi connectivity index (χ2v) is 8.16. The van der Waals surface area contributed by atoms with Gasteiger partial charge in [-0.2, -0.15) is 0 Å². The molecule has 1 unspecified atom stereocenters. The van der Waals surface area contributed by atoms with Crippen LogP contribution in [0.1, 0.15) is 34.6 Å². The summed E-state index contributed by atoms with van der Waals surface area (Å²) < 4.78 is 0. The summed E-state index contributed by atoms with van der Waals surface area (Å²) in [4.78, 5) is 16.1. The van der Waals surface area contributed by atoms with Crippen LogP contribution in [0.4, 0.5) is 0 Å². The van der Waals surface area contributed by atoms with Gasteiger partial charge in [-0.25, -0.2) is 0 Å². The number of hydrogen-bond donors (Lipinski definition) is 1. The van der Waals surface area contributed by atoms with Crippen LogP contribution in [-0.4, -0.2) is 35.6 Å². The highest BCUT2D eigenvalue weighted by atomic mass is 35.5. The number of thiophene rings is 2. The van der Waals surface area contributed by atoms with E-state index >= 15 is 0 Å². The molecular weight excluding hydrogens is 374 g/mol. The van der Waals surface area contributed by atoms with E-state index in [0.29, 0.717) is 6.54 Å². The zero-order chi connectivity index (χ0) is 16.9. The predicted molar refractivity (Wildman–Crippen MR) is 109 cm³/mol. The first kappa shape index (κ1) is 20.2. The molecule has 0 aromatic carbocycles. The van der Waals surface area contributed by atoms with Crippen LogP contribution in [0.3, 0.4) is 0 Å². The van der Waals surface area contributed by atoms with Crippen molar-refractivity contribution >= 4 is 46.6 Å². The lowest BCUT2D eigenvalue weighted by atomic mass is 9.98. The quantitative estimate of drug-likeness (QED) is 0.731. The number of halogens is 1. The first-order chi connectivity index (χ1) is 11.6. The minimum Gasteiger partial charge on any atom is -0.481 e. The van der Waals surface area contributed by atoms with E-state index in [2.05, 4.69) is 46.9 Å². The summed E-state index contributed by atoms with van der Waals surface area (Å²) in [5.74, 6) is -0.845. The average Bonchev–Trinajstić information content (AvgIpc) is 3.24. The van der Waals surface area contributed by atoms with Crippen LogP contribution in [-0.2, 0) is 4.79 Å². The van der Waals surface area contributed by atoms with Crippen LogP contribution in [0.25, 0.3) is 5.57 Å². The number of rotatable bonds is 6. The topological polar surface area (TPSA) is 40.5 Å². The molecule has 1 aliphatic rings. The zero-order valence-corrected chi connectivity index (χ0v) is 16.8. The van der Waals surface area contributed by atoms with Crippen molar-refractivity contribution in [3.8, 4) is 0 Å². The first-order valence-corrected chi connectivity index (χ1v) is 10.1. The van der Waals surface area contributed by atoms with E-state index in [1.165, 1.54) is 20.9 Å². The van der Waals surface area contributed by atoms with Crippen molar-refractivity contribution in [3.63, 3.8) is 0 Å². The molecule has 1 aliphatic heterocycles. The average molecular weight is 398 g/mol. The van der Waals surface area contributed by atoms with Crippen molar-refractivity contribution in [1.29, 1.82) is 0 Å². The fourth-order valence-corrected chi connectivity index (χ4v) is 5.06. The number of carbonyl (C=O) groups is 1. The Balaban J connectivity index is 0.00000225. The van der Waals surface area contributed by atoms with Gasteiger partial charge < -0.3 is 10.0 Å². The van der Waals surface area contributed by atoms with E-state index in [4.69, 9.17) is 0 Å². The number of hydrogen-bond acceptors (Lipinski definition) is 4. The van der Waals surface area contributed by atoms with Gasteiger partial charge in [0.2, 0.25) is 0 Å². The Kier molecular flexibility index (Phi) is 7.69. The molecule has 3 heterocycles. The van der Waals surface area contributed by atoms with Gasteiger partial charge in [0.05, 0.1) is 5.92 Å². The van der Waals surface area contributed by atoms with Crippen LogP contribution in [0.5, 0.6) is 0 Å². The van der Waals surface area contributed by atoms with E-state index in [1.807, 2.05) is 0 Å². The lowest BCUT2D eigenvalue weighted by Gasteiger charge is -2.30. The fraction of sp³-hybridized carbons (Fsp3) is 0.421. The van der Waals surface area contributed by atoms with E-state index in [-0.39, 0.29) is 18.3 Å². The minimum atomic E-state index is -0.649. The minimum absolute atomic E-state index is 0. The van der Waals surface area contributed by atoms with Crippen LogP contribution in [0.15, 0.2) is 35.0 Å². The van der Waals surface area contributed by atoms with Crippen molar-refractivity contribution in [2.24, 2.45) is 5.92 Å². The molecule has 0 saturated carbocycles. The molecule has 2 aromatic heterocycles. The first-order valence-electron chi connectivity index (χ1n) is 8.39. The van der Waals surface area contributed by atoms with Gasteiger partial charge in [-0.3, -0.25) is 4.79 Å². The molecule has 6 heteroatoms. The van der Waals surface area contributed by atoms with Gasteiger partial charge in [0.15, 0.2) is 0 Å². The van der Waals surface area contributed by atoms with Crippen LogP contribution < -0.4 is 0 Å². The third-order valence-electron chi connectivity index (χ3n) is 4.54. The summed E-state index contributed by atoms with van der Waals surface area (Å²) in [5, 5.41) is 13.5. The Morgan fingerprint density at radius 3 is 2.84 bits per heavy atom. The van der Waals surface area contributed by atoms with Gasteiger partial charge in [-0.05, 0) is 61.2 Å². The Morgan fingerprint density at radius 1 is 1.36 bits per heavy atom. The maximum absolute atomic E-state index is 11.2. The lowest BCUT2D eigenvalue weighted by Crippen LogP contribution is -2.39. The molecule has 136 valence electrons. The van der Waals surface area contributed by atoms with E-state index in [1.54, 1.807) is 22.7 Å². The molecule has 1 fully saturated rings. The molecule has 0 radical (unpaired) electrons. The molecule has 0 bridgehead atoms.